The second-order valence-corrected chi connectivity index (χ2v) is 9.39. The average Bonchev–Trinajstić information content (AvgIpc) is 2.57. The van der Waals surface area contributed by atoms with Crippen LogP contribution in [0.2, 0.25) is 0 Å². The molecule has 29 heavy (non-hydrogen) atoms. The largest absolute Gasteiger partial charge is 0.390 e. The molecule has 4 atom stereocenters. The first-order valence-electron chi connectivity index (χ1n) is 10.4. The number of halogens is 2. The fourth-order valence-corrected chi connectivity index (χ4v) is 4.12. The van der Waals surface area contributed by atoms with Crippen LogP contribution in [-0.4, -0.2) is 48.8 Å². The molecule has 4 unspecified atom stereocenters. The van der Waals surface area contributed by atoms with Gasteiger partial charge >= 0.3 is 0 Å². The lowest BCUT2D eigenvalue weighted by Gasteiger charge is -2.37. The Bertz CT molecular complexity index is 658. The van der Waals surface area contributed by atoms with Crippen LogP contribution in [0.5, 0.6) is 0 Å². The van der Waals surface area contributed by atoms with Crippen molar-refractivity contribution in [2.45, 2.75) is 65.1 Å². The highest BCUT2D eigenvalue weighted by atomic mass is 19.1. The van der Waals surface area contributed by atoms with Gasteiger partial charge in [-0.2, -0.15) is 0 Å². The van der Waals surface area contributed by atoms with Gasteiger partial charge in [0.2, 0.25) is 5.91 Å². The fourth-order valence-electron chi connectivity index (χ4n) is 4.12. The van der Waals surface area contributed by atoms with Gasteiger partial charge in [-0.1, -0.05) is 20.8 Å². The summed E-state index contributed by atoms with van der Waals surface area (Å²) in [5.41, 5.74) is 0.617. The van der Waals surface area contributed by atoms with Crippen LogP contribution >= 0.6 is 0 Å². The minimum Gasteiger partial charge on any atom is -0.390 e. The summed E-state index contributed by atoms with van der Waals surface area (Å²) in [6, 6.07) is 2.84. The Hall–Kier alpha value is -1.57. The van der Waals surface area contributed by atoms with Crippen molar-refractivity contribution in [2.24, 2.45) is 11.3 Å². The first-order chi connectivity index (χ1) is 13.5. The van der Waals surface area contributed by atoms with Gasteiger partial charge in [0.15, 0.2) is 0 Å². The monoisotopic (exact) mass is 411 g/mol. The number of carbonyl (C=O) groups excluding carboxylic acids is 1. The molecule has 7 heteroatoms. The van der Waals surface area contributed by atoms with Gasteiger partial charge in [-0.15, -0.1) is 0 Å². The summed E-state index contributed by atoms with van der Waals surface area (Å²) in [6.45, 7) is 10.2. The van der Waals surface area contributed by atoms with Gasteiger partial charge < -0.3 is 21.1 Å². The van der Waals surface area contributed by atoms with E-state index in [2.05, 4.69) is 36.7 Å². The molecule has 0 radical (unpaired) electrons. The summed E-state index contributed by atoms with van der Waals surface area (Å²) in [5.74, 6) is -1.14. The molecule has 1 amide bonds. The molecule has 1 fully saturated rings. The molecular weight excluding hydrogens is 376 g/mol. The Balaban J connectivity index is 2.01. The molecule has 0 aromatic heterocycles. The predicted molar refractivity (Wildman–Crippen MR) is 111 cm³/mol. The number of carbonyl (C=O) groups is 1. The molecule has 1 saturated heterocycles. The van der Waals surface area contributed by atoms with E-state index >= 15 is 0 Å². The molecule has 0 spiro atoms. The molecule has 1 aliphatic heterocycles. The molecule has 0 aliphatic carbocycles. The highest BCUT2D eigenvalue weighted by Gasteiger charge is 2.30. The molecule has 0 saturated carbocycles. The molecule has 164 valence electrons. The molecular formula is C22H35F2N3O2. The van der Waals surface area contributed by atoms with Crippen molar-refractivity contribution in [3.63, 3.8) is 0 Å². The fraction of sp³-hybridized carbons (Fsp3) is 0.682. The van der Waals surface area contributed by atoms with Crippen LogP contribution in [0.1, 0.15) is 46.1 Å². The van der Waals surface area contributed by atoms with Crippen molar-refractivity contribution in [3.05, 3.63) is 35.4 Å². The highest BCUT2D eigenvalue weighted by Crippen LogP contribution is 2.29. The Morgan fingerprint density at radius 1 is 1.28 bits per heavy atom. The molecule has 0 bridgehead atoms. The number of benzene rings is 1. The lowest BCUT2D eigenvalue weighted by Crippen LogP contribution is -2.54. The molecule has 1 aromatic rings. The third-order valence-electron chi connectivity index (χ3n) is 5.32. The predicted octanol–water partition coefficient (Wildman–Crippen LogP) is 2.38. The number of amides is 1. The Morgan fingerprint density at radius 2 is 1.93 bits per heavy atom. The van der Waals surface area contributed by atoms with Gasteiger partial charge in [0.05, 0.1) is 12.1 Å². The van der Waals surface area contributed by atoms with Crippen LogP contribution < -0.4 is 16.0 Å². The van der Waals surface area contributed by atoms with Gasteiger partial charge in [-0.05, 0) is 54.8 Å². The van der Waals surface area contributed by atoms with Crippen molar-refractivity contribution in [3.8, 4) is 0 Å². The minimum atomic E-state index is -0.887. The van der Waals surface area contributed by atoms with Gasteiger partial charge in [-0.3, -0.25) is 4.79 Å². The van der Waals surface area contributed by atoms with Gasteiger partial charge in [-0.25, -0.2) is 8.78 Å². The normalized spacial score (nSPS) is 22.2. The lowest BCUT2D eigenvalue weighted by molar-refractivity contribution is -0.120. The highest BCUT2D eigenvalue weighted by molar-refractivity contribution is 5.73. The minimum absolute atomic E-state index is 0.144. The molecule has 2 rings (SSSR count). The van der Waals surface area contributed by atoms with Crippen molar-refractivity contribution in [1.29, 1.82) is 0 Å². The van der Waals surface area contributed by atoms with E-state index < -0.39 is 23.8 Å². The Morgan fingerprint density at radius 3 is 2.52 bits per heavy atom. The number of rotatable bonds is 8. The topological polar surface area (TPSA) is 73.4 Å². The van der Waals surface area contributed by atoms with Crippen LogP contribution in [0.25, 0.3) is 0 Å². The standard InChI is InChI=1S/C22H35F2N3O2/c1-14(28)27-19(9-15-7-17(23)10-18(24)8-15)21(29)13-26-20-12-25-6-5-16(20)11-22(2,3)4/h7-8,10,16,19-21,25-26,29H,5-6,9,11-13H2,1-4H3,(H,27,28). The summed E-state index contributed by atoms with van der Waals surface area (Å²) < 4.78 is 27.0. The average molecular weight is 412 g/mol. The SMILES string of the molecule is CC(=O)NC(Cc1cc(F)cc(F)c1)C(O)CNC1CNCCC1CC(C)(C)C. The van der Waals surface area contributed by atoms with E-state index in [-0.39, 0.29) is 30.3 Å². The summed E-state index contributed by atoms with van der Waals surface area (Å²) in [7, 11) is 0. The van der Waals surface area contributed by atoms with Crippen LogP contribution in [-0.2, 0) is 11.2 Å². The third-order valence-corrected chi connectivity index (χ3v) is 5.32. The van der Waals surface area contributed by atoms with Crippen LogP contribution in [0.15, 0.2) is 18.2 Å². The maximum absolute atomic E-state index is 13.5. The Kier molecular flexibility index (Phi) is 8.55. The smallest absolute Gasteiger partial charge is 0.217 e. The van der Waals surface area contributed by atoms with Crippen LogP contribution in [0, 0.1) is 23.0 Å². The van der Waals surface area contributed by atoms with Crippen molar-refractivity contribution in [1.82, 2.24) is 16.0 Å². The zero-order chi connectivity index (χ0) is 21.6. The van der Waals surface area contributed by atoms with E-state index in [9.17, 15) is 18.7 Å². The molecule has 1 aromatic carbocycles. The van der Waals surface area contributed by atoms with Crippen LogP contribution in [0.3, 0.4) is 0 Å². The van der Waals surface area contributed by atoms with E-state index in [0.29, 0.717) is 11.5 Å². The second kappa shape index (κ2) is 10.5. The molecule has 1 heterocycles. The number of piperidine rings is 1. The third kappa shape index (κ3) is 8.36. The quantitative estimate of drug-likeness (QED) is 0.530. The summed E-state index contributed by atoms with van der Waals surface area (Å²) >= 11 is 0. The van der Waals surface area contributed by atoms with Gasteiger partial charge in [0, 0.05) is 32.1 Å². The number of aliphatic hydroxyl groups is 1. The van der Waals surface area contributed by atoms with Gasteiger partial charge in [0.25, 0.3) is 0 Å². The first-order valence-corrected chi connectivity index (χ1v) is 10.4. The maximum Gasteiger partial charge on any atom is 0.217 e. The summed E-state index contributed by atoms with van der Waals surface area (Å²) in [4.78, 5) is 11.6. The number of hydrogen-bond acceptors (Lipinski definition) is 4. The molecule has 1 aliphatic rings. The van der Waals surface area contributed by atoms with E-state index in [0.717, 1.165) is 32.0 Å². The molecule has 4 N–H and O–H groups in total. The first kappa shape index (κ1) is 23.7. The van der Waals surface area contributed by atoms with Gasteiger partial charge in [0.1, 0.15) is 11.6 Å². The Labute approximate surface area is 172 Å². The van der Waals surface area contributed by atoms with E-state index in [1.54, 1.807) is 0 Å². The maximum atomic E-state index is 13.5. The van der Waals surface area contributed by atoms with Crippen LogP contribution in [0.4, 0.5) is 8.78 Å². The lowest BCUT2D eigenvalue weighted by atomic mass is 9.78. The van der Waals surface area contributed by atoms with E-state index in [4.69, 9.17) is 0 Å². The number of nitrogens with one attached hydrogen (secondary N) is 3. The number of hydrogen-bond donors (Lipinski definition) is 4. The molecule has 5 nitrogen and oxygen atoms in total. The van der Waals surface area contributed by atoms with E-state index in [1.165, 1.54) is 19.1 Å². The number of aliphatic hydroxyl groups excluding tert-OH is 1. The summed E-state index contributed by atoms with van der Waals surface area (Å²) in [5, 5.41) is 20.3. The zero-order valence-electron chi connectivity index (χ0n) is 17.9. The summed E-state index contributed by atoms with van der Waals surface area (Å²) in [6.07, 6.45) is 1.41. The van der Waals surface area contributed by atoms with E-state index in [1.807, 2.05) is 0 Å². The second-order valence-electron chi connectivity index (χ2n) is 9.39. The van der Waals surface area contributed by atoms with Crippen molar-refractivity contribution < 1.29 is 18.7 Å². The van der Waals surface area contributed by atoms with Crippen molar-refractivity contribution >= 4 is 5.91 Å². The van der Waals surface area contributed by atoms with Crippen molar-refractivity contribution in [2.75, 3.05) is 19.6 Å². The zero-order valence-corrected chi connectivity index (χ0v) is 17.9.